The van der Waals surface area contributed by atoms with Crippen molar-refractivity contribution < 1.29 is 23.1 Å². The highest BCUT2D eigenvalue weighted by Crippen LogP contribution is 2.55. The van der Waals surface area contributed by atoms with E-state index >= 15 is 0 Å². The highest BCUT2D eigenvalue weighted by molar-refractivity contribution is 5.90. The van der Waals surface area contributed by atoms with Crippen LogP contribution >= 0.6 is 0 Å². The zero-order valence-electron chi connectivity index (χ0n) is 7.88. The number of rotatable bonds is 2. The molecular formula is C8H8F3N3O2. The average molecular weight is 235 g/mol. The van der Waals surface area contributed by atoms with Gasteiger partial charge in [0.1, 0.15) is 11.6 Å². The molecule has 0 amide bonds. The minimum Gasteiger partial charge on any atom is -0.476 e. The summed E-state index contributed by atoms with van der Waals surface area (Å²) in [6, 6.07) is 0. The number of aromatic amines is 1. The van der Waals surface area contributed by atoms with E-state index in [0.29, 0.717) is 0 Å². The molecule has 0 aliphatic heterocycles. The summed E-state index contributed by atoms with van der Waals surface area (Å²) in [6.45, 7) is 0. The largest absolute Gasteiger partial charge is 0.476 e. The maximum Gasteiger partial charge on any atom is 0.392 e. The molecule has 1 aromatic heterocycles. The van der Waals surface area contributed by atoms with Gasteiger partial charge in [-0.2, -0.15) is 13.2 Å². The monoisotopic (exact) mass is 235 g/mol. The summed E-state index contributed by atoms with van der Waals surface area (Å²) in [5.41, 5.74) is 4.85. The number of nitrogens with two attached hydrogens (primary N) is 1. The van der Waals surface area contributed by atoms with Crippen molar-refractivity contribution in [2.45, 2.75) is 18.5 Å². The molecule has 0 saturated heterocycles. The second-order valence-electron chi connectivity index (χ2n) is 3.68. The van der Waals surface area contributed by atoms with Crippen molar-refractivity contribution in [2.75, 3.05) is 5.73 Å². The van der Waals surface area contributed by atoms with Gasteiger partial charge in [0.25, 0.3) is 0 Å². The number of carboxylic acids is 1. The number of aromatic carboxylic acids is 1. The molecule has 16 heavy (non-hydrogen) atoms. The molecule has 1 heterocycles. The normalized spacial score (nSPS) is 24.4. The summed E-state index contributed by atoms with van der Waals surface area (Å²) in [5, 5.41) is 8.62. The molecule has 1 fully saturated rings. The lowest BCUT2D eigenvalue weighted by molar-refractivity contribution is -0.148. The van der Waals surface area contributed by atoms with E-state index in [0.717, 1.165) is 0 Å². The van der Waals surface area contributed by atoms with Crippen molar-refractivity contribution in [1.29, 1.82) is 0 Å². The molecule has 0 aromatic carbocycles. The first-order chi connectivity index (χ1) is 7.30. The molecule has 2 unspecified atom stereocenters. The summed E-state index contributed by atoms with van der Waals surface area (Å²) in [6.07, 6.45) is -4.34. The molecule has 0 bridgehead atoms. The van der Waals surface area contributed by atoms with Crippen LogP contribution in [-0.4, -0.2) is 27.2 Å². The van der Waals surface area contributed by atoms with Gasteiger partial charge in [0.2, 0.25) is 0 Å². The van der Waals surface area contributed by atoms with E-state index in [1.54, 1.807) is 0 Å². The Balaban J connectivity index is 2.19. The Kier molecular flexibility index (Phi) is 2.11. The van der Waals surface area contributed by atoms with E-state index in [9.17, 15) is 18.0 Å². The Labute approximate surface area is 87.5 Å². The number of alkyl halides is 3. The van der Waals surface area contributed by atoms with Crippen molar-refractivity contribution in [3.05, 3.63) is 11.5 Å². The fourth-order valence-electron chi connectivity index (χ4n) is 1.60. The number of imidazole rings is 1. The van der Waals surface area contributed by atoms with E-state index in [1.165, 1.54) is 0 Å². The summed E-state index contributed by atoms with van der Waals surface area (Å²) >= 11 is 0. The molecule has 8 heteroatoms. The Morgan fingerprint density at radius 1 is 1.56 bits per heavy atom. The molecule has 2 rings (SSSR count). The predicted octanol–water partition coefficient (Wildman–Crippen LogP) is 1.36. The third kappa shape index (κ3) is 1.70. The van der Waals surface area contributed by atoms with E-state index < -0.39 is 29.7 Å². The van der Waals surface area contributed by atoms with E-state index in [-0.39, 0.29) is 18.1 Å². The van der Waals surface area contributed by atoms with Crippen molar-refractivity contribution in [3.63, 3.8) is 0 Å². The van der Waals surface area contributed by atoms with Crippen LogP contribution in [0.1, 0.15) is 28.7 Å². The molecule has 5 nitrogen and oxygen atoms in total. The quantitative estimate of drug-likeness (QED) is 0.721. The molecule has 2 atom stereocenters. The first kappa shape index (κ1) is 10.8. The average Bonchev–Trinajstić information content (AvgIpc) is 2.83. The molecule has 0 spiro atoms. The standard InChI is InChI=1S/C8H8F3N3O2/c9-8(10,11)3-1-2(3)6-13-4(7(15)16)5(12)14-6/h2-3H,1,12H2,(H,13,14)(H,15,16). The highest BCUT2D eigenvalue weighted by Gasteiger charge is 2.57. The van der Waals surface area contributed by atoms with Crippen LogP contribution in [0.25, 0.3) is 0 Å². The summed E-state index contributed by atoms with van der Waals surface area (Å²) in [7, 11) is 0. The Morgan fingerprint density at radius 2 is 2.19 bits per heavy atom. The number of nitrogens with one attached hydrogen (secondary N) is 1. The zero-order valence-corrected chi connectivity index (χ0v) is 7.88. The molecule has 1 saturated carbocycles. The molecule has 0 radical (unpaired) electrons. The summed E-state index contributed by atoms with van der Waals surface area (Å²) in [4.78, 5) is 16.5. The van der Waals surface area contributed by atoms with Crippen molar-refractivity contribution in [1.82, 2.24) is 9.97 Å². The van der Waals surface area contributed by atoms with E-state index in [4.69, 9.17) is 10.8 Å². The summed E-state index contributed by atoms with van der Waals surface area (Å²) in [5.74, 6) is -3.81. The number of hydrogen-bond donors (Lipinski definition) is 3. The van der Waals surface area contributed by atoms with Gasteiger partial charge in [0.05, 0.1) is 5.92 Å². The molecular weight excluding hydrogens is 227 g/mol. The summed E-state index contributed by atoms with van der Waals surface area (Å²) < 4.78 is 36.8. The Bertz CT molecular complexity index is 440. The Morgan fingerprint density at radius 3 is 2.56 bits per heavy atom. The van der Waals surface area contributed by atoms with E-state index in [2.05, 4.69) is 9.97 Å². The third-order valence-electron chi connectivity index (χ3n) is 2.51. The lowest BCUT2D eigenvalue weighted by atomic mass is 10.3. The highest BCUT2D eigenvalue weighted by atomic mass is 19.4. The molecule has 88 valence electrons. The SMILES string of the molecule is Nc1[nH]c(C2CC2C(F)(F)F)nc1C(=O)O. The van der Waals surface area contributed by atoms with Crippen LogP contribution in [0.2, 0.25) is 0 Å². The maximum absolute atomic E-state index is 12.3. The van der Waals surface area contributed by atoms with Gasteiger partial charge in [-0.3, -0.25) is 0 Å². The van der Waals surface area contributed by atoms with Crippen molar-refractivity contribution in [2.24, 2.45) is 5.92 Å². The number of nitrogens with zero attached hydrogens (tertiary/aromatic N) is 1. The third-order valence-corrected chi connectivity index (χ3v) is 2.51. The molecule has 1 aromatic rings. The van der Waals surface area contributed by atoms with Crippen LogP contribution in [0.15, 0.2) is 0 Å². The number of carbonyl (C=O) groups is 1. The van der Waals surface area contributed by atoms with Crippen LogP contribution < -0.4 is 5.73 Å². The number of H-pyrrole nitrogens is 1. The maximum atomic E-state index is 12.3. The topological polar surface area (TPSA) is 92.0 Å². The zero-order chi connectivity index (χ0) is 12.1. The lowest BCUT2D eigenvalue weighted by Crippen LogP contribution is -2.11. The van der Waals surface area contributed by atoms with E-state index in [1.807, 2.05) is 0 Å². The van der Waals surface area contributed by atoms with Gasteiger partial charge >= 0.3 is 12.1 Å². The fraction of sp³-hybridized carbons (Fsp3) is 0.500. The smallest absolute Gasteiger partial charge is 0.392 e. The first-order valence-corrected chi connectivity index (χ1v) is 4.46. The number of hydrogen-bond acceptors (Lipinski definition) is 3. The number of halogens is 3. The number of aromatic nitrogens is 2. The van der Waals surface area contributed by atoms with Gasteiger partial charge in [0.15, 0.2) is 5.69 Å². The second kappa shape index (κ2) is 3.13. The molecule has 1 aliphatic carbocycles. The van der Waals surface area contributed by atoms with Gasteiger partial charge < -0.3 is 15.8 Å². The predicted molar refractivity (Wildman–Crippen MR) is 46.9 cm³/mol. The van der Waals surface area contributed by atoms with Crippen LogP contribution in [0.4, 0.5) is 19.0 Å². The van der Waals surface area contributed by atoms with Gasteiger partial charge in [0, 0.05) is 5.92 Å². The van der Waals surface area contributed by atoms with Crippen LogP contribution in [0, 0.1) is 5.92 Å². The Hall–Kier alpha value is -1.73. The minimum absolute atomic E-state index is 0.00257. The molecule has 4 N–H and O–H groups in total. The number of nitrogen functional groups attached to an aromatic ring is 1. The fourth-order valence-corrected chi connectivity index (χ4v) is 1.60. The van der Waals surface area contributed by atoms with Gasteiger partial charge in [-0.25, -0.2) is 9.78 Å². The lowest BCUT2D eigenvalue weighted by Gasteiger charge is -2.02. The van der Waals surface area contributed by atoms with Crippen LogP contribution in [0.5, 0.6) is 0 Å². The van der Waals surface area contributed by atoms with Crippen LogP contribution in [-0.2, 0) is 0 Å². The van der Waals surface area contributed by atoms with Gasteiger partial charge in [-0.15, -0.1) is 0 Å². The van der Waals surface area contributed by atoms with Gasteiger partial charge in [-0.1, -0.05) is 0 Å². The minimum atomic E-state index is -4.27. The molecule has 1 aliphatic rings. The van der Waals surface area contributed by atoms with Crippen LogP contribution in [0.3, 0.4) is 0 Å². The van der Waals surface area contributed by atoms with Gasteiger partial charge in [-0.05, 0) is 6.42 Å². The van der Waals surface area contributed by atoms with Crippen molar-refractivity contribution >= 4 is 11.8 Å². The number of carboxylic acid groups (broad SMARTS) is 1. The number of anilines is 1. The first-order valence-electron chi connectivity index (χ1n) is 4.46. The second-order valence-corrected chi connectivity index (χ2v) is 3.68. The van der Waals surface area contributed by atoms with Crippen molar-refractivity contribution in [3.8, 4) is 0 Å².